The maximum atomic E-state index is 5.42. The summed E-state index contributed by atoms with van der Waals surface area (Å²) in [6, 6.07) is 21.9. The number of hydrogen-bond acceptors (Lipinski definition) is 1. The Balaban J connectivity index is 2.06. The molecule has 0 saturated carbocycles. The molecule has 0 radical (unpaired) electrons. The van der Waals surface area contributed by atoms with Crippen molar-refractivity contribution in [2.75, 3.05) is 7.11 Å². The lowest BCUT2D eigenvalue weighted by atomic mass is 9.79. The molecule has 2 nitrogen and oxygen atoms in total. The number of para-hydroxylation sites is 1. The first kappa shape index (κ1) is 19.3. The van der Waals surface area contributed by atoms with Gasteiger partial charge >= 0.3 is 0 Å². The fourth-order valence-corrected chi connectivity index (χ4v) is 4.84. The molecule has 4 aromatic rings. The van der Waals surface area contributed by atoms with Gasteiger partial charge in [-0.25, -0.2) is 0 Å². The van der Waals surface area contributed by atoms with Crippen molar-refractivity contribution < 1.29 is 4.74 Å². The number of ether oxygens (including phenoxy) is 1. The Hall–Kier alpha value is -3.00. The summed E-state index contributed by atoms with van der Waals surface area (Å²) in [4.78, 5) is 0. The number of nitrogens with zero attached hydrogens (tertiary/aromatic N) is 1. The summed E-state index contributed by atoms with van der Waals surface area (Å²) in [6.45, 7) is 8.90. The minimum Gasteiger partial charge on any atom is -0.497 e. The molecule has 3 aromatic carbocycles. The van der Waals surface area contributed by atoms with E-state index in [9.17, 15) is 0 Å². The molecule has 1 atom stereocenters. The van der Waals surface area contributed by atoms with E-state index in [1.807, 2.05) is 0 Å². The first-order valence-electron chi connectivity index (χ1n) is 10.2. The molecule has 2 heteroatoms. The molecule has 1 unspecified atom stereocenters. The van der Waals surface area contributed by atoms with Crippen LogP contribution in [0.3, 0.4) is 0 Å². The van der Waals surface area contributed by atoms with Gasteiger partial charge < -0.3 is 9.30 Å². The second kappa shape index (κ2) is 7.44. The first-order valence-corrected chi connectivity index (χ1v) is 10.2. The molecule has 0 aliphatic carbocycles. The summed E-state index contributed by atoms with van der Waals surface area (Å²) in [5.74, 6) is 1.06. The van der Waals surface area contributed by atoms with Crippen LogP contribution < -0.4 is 4.74 Å². The Morgan fingerprint density at radius 2 is 1.41 bits per heavy atom. The lowest BCUT2D eigenvalue weighted by Crippen LogP contribution is -2.09. The number of fused-ring (bicyclic) bond motifs is 1. The number of aryl methyl sites for hydroxylation is 4. The third-order valence-corrected chi connectivity index (χ3v) is 6.21. The minimum absolute atomic E-state index is 0.174. The molecular formula is C27H29NO. The van der Waals surface area contributed by atoms with E-state index in [1.165, 1.54) is 50.0 Å². The highest BCUT2D eigenvalue weighted by Crippen LogP contribution is 2.42. The Labute approximate surface area is 173 Å². The van der Waals surface area contributed by atoms with Crippen LogP contribution in [-0.4, -0.2) is 11.7 Å². The van der Waals surface area contributed by atoms with Gasteiger partial charge in [-0.1, -0.05) is 48.0 Å². The Morgan fingerprint density at radius 3 is 2.03 bits per heavy atom. The van der Waals surface area contributed by atoms with Gasteiger partial charge in [0.2, 0.25) is 0 Å². The normalized spacial score (nSPS) is 12.3. The molecule has 0 amide bonds. The molecule has 0 saturated heterocycles. The SMILES string of the molecule is COc1ccc(C(c2c(C)cc(C)cc2C)c2c(C)n(C)c3ccccc23)cc1. The highest BCUT2D eigenvalue weighted by atomic mass is 16.5. The van der Waals surface area contributed by atoms with Gasteiger partial charge in [-0.15, -0.1) is 0 Å². The van der Waals surface area contributed by atoms with Crippen LogP contribution in [0.1, 0.15) is 45.0 Å². The van der Waals surface area contributed by atoms with Gasteiger partial charge in [-0.3, -0.25) is 0 Å². The van der Waals surface area contributed by atoms with E-state index < -0.39 is 0 Å². The van der Waals surface area contributed by atoms with E-state index in [0.29, 0.717) is 0 Å². The maximum absolute atomic E-state index is 5.42. The van der Waals surface area contributed by atoms with Gasteiger partial charge in [0.05, 0.1) is 7.11 Å². The average Bonchev–Trinajstić information content (AvgIpc) is 2.96. The van der Waals surface area contributed by atoms with Crippen LogP contribution in [0, 0.1) is 27.7 Å². The summed E-state index contributed by atoms with van der Waals surface area (Å²) in [5, 5.41) is 1.33. The third-order valence-electron chi connectivity index (χ3n) is 6.21. The largest absolute Gasteiger partial charge is 0.497 e. The summed E-state index contributed by atoms with van der Waals surface area (Å²) < 4.78 is 7.74. The number of benzene rings is 3. The molecule has 0 N–H and O–H groups in total. The van der Waals surface area contributed by atoms with Crippen molar-refractivity contribution in [2.45, 2.75) is 33.6 Å². The van der Waals surface area contributed by atoms with Gasteiger partial charge in [0, 0.05) is 29.6 Å². The molecule has 4 rings (SSSR count). The van der Waals surface area contributed by atoms with E-state index in [0.717, 1.165) is 5.75 Å². The average molecular weight is 384 g/mol. The molecule has 0 fully saturated rings. The molecule has 0 spiro atoms. The second-order valence-corrected chi connectivity index (χ2v) is 8.09. The lowest BCUT2D eigenvalue weighted by Gasteiger charge is -2.24. The predicted octanol–water partition coefficient (Wildman–Crippen LogP) is 6.60. The molecule has 0 aliphatic heterocycles. The topological polar surface area (TPSA) is 14.2 Å². The van der Waals surface area contributed by atoms with Crippen molar-refractivity contribution in [3.05, 3.63) is 99.7 Å². The Kier molecular flexibility index (Phi) is 4.96. The van der Waals surface area contributed by atoms with Crippen molar-refractivity contribution in [3.63, 3.8) is 0 Å². The number of rotatable bonds is 4. The number of methoxy groups -OCH3 is 1. The van der Waals surface area contributed by atoms with Crippen LogP contribution in [0.15, 0.2) is 60.7 Å². The zero-order valence-electron chi connectivity index (χ0n) is 18.2. The van der Waals surface area contributed by atoms with Gasteiger partial charge in [0.25, 0.3) is 0 Å². The van der Waals surface area contributed by atoms with Crippen molar-refractivity contribution in [1.82, 2.24) is 4.57 Å². The van der Waals surface area contributed by atoms with Crippen LogP contribution in [0.25, 0.3) is 10.9 Å². The monoisotopic (exact) mass is 383 g/mol. The smallest absolute Gasteiger partial charge is 0.118 e. The van der Waals surface area contributed by atoms with E-state index in [4.69, 9.17) is 4.74 Å². The zero-order valence-corrected chi connectivity index (χ0v) is 18.2. The summed E-state index contributed by atoms with van der Waals surface area (Å²) in [5.41, 5.74) is 10.7. The van der Waals surface area contributed by atoms with E-state index in [1.54, 1.807) is 7.11 Å². The highest BCUT2D eigenvalue weighted by molar-refractivity contribution is 5.87. The first-order chi connectivity index (χ1) is 13.9. The van der Waals surface area contributed by atoms with Crippen molar-refractivity contribution in [3.8, 4) is 5.75 Å². The zero-order chi connectivity index (χ0) is 20.7. The van der Waals surface area contributed by atoms with Gasteiger partial charge in [-0.05, 0) is 73.7 Å². The Morgan fingerprint density at radius 1 is 0.793 bits per heavy atom. The van der Waals surface area contributed by atoms with Crippen LogP contribution in [0.2, 0.25) is 0 Å². The van der Waals surface area contributed by atoms with Gasteiger partial charge in [-0.2, -0.15) is 0 Å². The van der Waals surface area contributed by atoms with Gasteiger partial charge in [0.15, 0.2) is 0 Å². The summed E-state index contributed by atoms with van der Waals surface area (Å²) >= 11 is 0. The molecule has 0 aliphatic rings. The molecule has 148 valence electrons. The molecule has 0 bridgehead atoms. The minimum atomic E-state index is 0.174. The molecule has 29 heavy (non-hydrogen) atoms. The lowest BCUT2D eigenvalue weighted by molar-refractivity contribution is 0.414. The predicted molar refractivity (Wildman–Crippen MR) is 122 cm³/mol. The fourth-order valence-electron chi connectivity index (χ4n) is 4.84. The van der Waals surface area contributed by atoms with Crippen molar-refractivity contribution >= 4 is 10.9 Å². The van der Waals surface area contributed by atoms with E-state index >= 15 is 0 Å². The Bertz CT molecular complexity index is 1160. The quantitative estimate of drug-likeness (QED) is 0.387. The summed E-state index contributed by atoms with van der Waals surface area (Å²) in [6.07, 6.45) is 0. The molecule has 1 heterocycles. The number of aromatic nitrogens is 1. The van der Waals surface area contributed by atoms with Crippen LogP contribution in [0.4, 0.5) is 0 Å². The summed E-state index contributed by atoms with van der Waals surface area (Å²) in [7, 11) is 3.89. The second-order valence-electron chi connectivity index (χ2n) is 8.09. The third kappa shape index (κ3) is 3.23. The standard InChI is InChI=1S/C27H29NO/c1-17-15-18(2)25(19(3)16-17)27(21-11-13-22(29-6)14-12-21)26-20(4)28(5)24-10-8-7-9-23(24)26/h7-16,27H,1-6H3. The van der Waals surface area contributed by atoms with Crippen molar-refractivity contribution in [2.24, 2.45) is 7.05 Å². The van der Waals surface area contributed by atoms with Crippen LogP contribution in [-0.2, 0) is 7.05 Å². The van der Waals surface area contributed by atoms with Crippen LogP contribution >= 0.6 is 0 Å². The molecular weight excluding hydrogens is 354 g/mol. The molecule has 1 aromatic heterocycles. The highest BCUT2D eigenvalue weighted by Gasteiger charge is 2.26. The van der Waals surface area contributed by atoms with E-state index in [2.05, 4.69) is 100.0 Å². The van der Waals surface area contributed by atoms with Crippen molar-refractivity contribution in [1.29, 1.82) is 0 Å². The van der Waals surface area contributed by atoms with Crippen LogP contribution in [0.5, 0.6) is 5.75 Å². The van der Waals surface area contributed by atoms with Gasteiger partial charge in [0.1, 0.15) is 5.75 Å². The maximum Gasteiger partial charge on any atom is 0.118 e. The van der Waals surface area contributed by atoms with E-state index in [-0.39, 0.29) is 5.92 Å². The number of hydrogen-bond donors (Lipinski definition) is 0. The fraction of sp³-hybridized carbons (Fsp3) is 0.259.